The molecule has 6 nitrogen and oxygen atoms in total. The molecule has 8 heteroatoms. The van der Waals surface area contributed by atoms with Gasteiger partial charge in [0.05, 0.1) is 11.6 Å². The Morgan fingerprint density at radius 3 is 2.48 bits per heavy atom. The van der Waals surface area contributed by atoms with E-state index >= 15 is 0 Å². The standard InChI is InChI=1S/C15H18N2O4S2/c1-17(2)9-13(11-6-4-3-5-7-11)16-23(20,21)14-8-12(10-22-14)15(18)19/h3-8,10,13,16H,9H2,1-2H3,(H,18,19). The van der Waals surface area contributed by atoms with Crippen LogP contribution in [0.4, 0.5) is 0 Å². The molecule has 0 aliphatic rings. The van der Waals surface area contributed by atoms with Gasteiger partial charge in [0, 0.05) is 11.9 Å². The number of carboxylic acid groups (broad SMARTS) is 1. The fourth-order valence-corrected chi connectivity index (χ4v) is 4.46. The van der Waals surface area contributed by atoms with E-state index < -0.39 is 22.0 Å². The molecule has 23 heavy (non-hydrogen) atoms. The fourth-order valence-electron chi connectivity index (χ4n) is 2.08. The third-order valence-electron chi connectivity index (χ3n) is 3.13. The predicted octanol–water partition coefficient (Wildman–Crippen LogP) is 2.03. The lowest BCUT2D eigenvalue weighted by atomic mass is 10.1. The van der Waals surface area contributed by atoms with Gasteiger partial charge in [-0.25, -0.2) is 17.9 Å². The van der Waals surface area contributed by atoms with Crippen molar-refractivity contribution in [3.8, 4) is 0 Å². The highest BCUT2D eigenvalue weighted by Crippen LogP contribution is 2.23. The minimum Gasteiger partial charge on any atom is -0.478 e. The van der Waals surface area contributed by atoms with Crippen LogP contribution >= 0.6 is 11.3 Å². The molecule has 0 radical (unpaired) electrons. The first-order chi connectivity index (χ1) is 10.8. The summed E-state index contributed by atoms with van der Waals surface area (Å²) in [6, 6.07) is 10.0. The number of benzene rings is 1. The van der Waals surface area contributed by atoms with Gasteiger partial charge in [0.15, 0.2) is 0 Å². The molecule has 1 unspecified atom stereocenters. The van der Waals surface area contributed by atoms with Gasteiger partial charge in [-0.15, -0.1) is 11.3 Å². The summed E-state index contributed by atoms with van der Waals surface area (Å²) in [7, 11) is -0.0693. The molecule has 0 aliphatic carbocycles. The van der Waals surface area contributed by atoms with E-state index in [1.165, 1.54) is 11.4 Å². The minimum absolute atomic E-state index is 0.00501. The second kappa shape index (κ2) is 7.22. The van der Waals surface area contributed by atoms with Crippen molar-refractivity contribution >= 4 is 27.3 Å². The van der Waals surface area contributed by atoms with E-state index in [4.69, 9.17) is 5.11 Å². The normalized spacial score (nSPS) is 13.2. The molecular formula is C15H18N2O4S2. The lowest BCUT2D eigenvalue weighted by Gasteiger charge is -2.22. The molecule has 0 fully saturated rings. The maximum atomic E-state index is 12.5. The Balaban J connectivity index is 2.28. The Hall–Kier alpha value is -1.74. The molecule has 1 aromatic carbocycles. The summed E-state index contributed by atoms with van der Waals surface area (Å²) in [4.78, 5) is 12.8. The summed E-state index contributed by atoms with van der Waals surface area (Å²) < 4.78 is 27.7. The molecule has 2 rings (SSSR count). The van der Waals surface area contributed by atoms with Gasteiger partial charge in [0.25, 0.3) is 10.0 Å². The number of carboxylic acids is 1. The second-order valence-electron chi connectivity index (χ2n) is 5.31. The Bertz CT molecular complexity index is 770. The van der Waals surface area contributed by atoms with Crippen LogP contribution in [0.5, 0.6) is 0 Å². The predicted molar refractivity (Wildman–Crippen MR) is 89.3 cm³/mol. The third kappa shape index (κ3) is 4.61. The Morgan fingerprint density at radius 2 is 1.96 bits per heavy atom. The average Bonchev–Trinajstić information content (AvgIpc) is 2.98. The first-order valence-electron chi connectivity index (χ1n) is 6.83. The number of nitrogens with one attached hydrogen (secondary N) is 1. The Kier molecular flexibility index (Phi) is 5.53. The molecule has 0 saturated heterocycles. The summed E-state index contributed by atoms with van der Waals surface area (Å²) in [5, 5.41) is 10.2. The van der Waals surface area contributed by atoms with Crippen molar-refractivity contribution in [2.24, 2.45) is 0 Å². The molecule has 0 bridgehead atoms. The van der Waals surface area contributed by atoms with Crippen LogP contribution < -0.4 is 4.72 Å². The van der Waals surface area contributed by atoms with Gasteiger partial charge in [-0.3, -0.25) is 0 Å². The van der Waals surface area contributed by atoms with Gasteiger partial charge in [-0.1, -0.05) is 30.3 Å². The first-order valence-corrected chi connectivity index (χ1v) is 9.19. The van der Waals surface area contributed by atoms with E-state index in [0.717, 1.165) is 16.9 Å². The summed E-state index contributed by atoms with van der Waals surface area (Å²) in [5.74, 6) is -1.14. The van der Waals surface area contributed by atoms with Crippen molar-refractivity contribution in [3.05, 3.63) is 52.9 Å². The van der Waals surface area contributed by atoms with Crippen LogP contribution in [0, 0.1) is 0 Å². The number of likely N-dealkylation sites (N-methyl/N-ethyl adjacent to an activating group) is 1. The molecule has 1 aromatic heterocycles. The van der Waals surface area contributed by atoms with E-state index in [-0.39, 0.29) is 9.77 Å². The molecule has 0 amide bonds. The maximum Gasteiger partial charge on any atom is 0.336 e. The zero-order valence-electron chi connectivity index (χ0n) is 12.8. The monoisotopic (exact) mass is 354 g/mol. The highest BCUT2D eigenvalue weighted by atomic mass is 32.2. The topological polar surface area (TPSA) is 86.7 Å². The van der Waals surface area contributed by atoms with Crippen LogP contribution in [0.15, 0.2) is 46.0 Å². The van der Waals surface area contributed by atoms with Crippen LogP contribution in [-0.4, -0.2) is 45.0 Å². The number of rotatable bonds is 7. The van der Waals surface area contributed by atoms with Gasteiger partial charge in [0.2, 0.25) is 0 Å². The molecule has 1 atom stereocenters. The van der Waals surface area contributed by atoms with Crippen LogP contribution in [0.3, 0.4) is 0 Å². The zero-order chi connectivity index (χ0) is 17.0. The molecule has 0 spiro atoms. The number of hydrogen-bond acceptors (Lipinski definition) is 5. The largest absolute Gasteiger partial charge is 0.478 e. The van der Waals surface area contributed by atoms with Gasteiger partial charge in [-0.2, -0.15) is 0 Å². The number of aromatic carboxylic acids is 1. The lowest BCUT2D eigenvalue weighted by molar-refractivity contribution is 0.0697. The number of hydrogen-bond donors (Lipinski definition) is 2. The number of thiophene rings is 1. The van der Waals surface area contributed by atoms with E-state index in [1.54, 1.807) is 0 Å². The highest BCUT2D eigenvalue weighted by molar-refractivity contribution is 7.91. The Morgan fingerprint density at radius 1 is 1.30 bits per heavy atom. The van der Waals surface area contributed by atoms with Crippen molar-refractivity contribution in [2.75, 3.05) is 20.6 Å². The quantitative estimate of drug-likeness (QED) is 0.794. The highest BCUT2D eigenvalue weighted by Gasteiger charge is 2.24. The summed E-state index contributed by atoms with van der Waals surface area (Å²) in [6.45, 7) is 0.487. The van der Waals surface area contributed by atoms with Crippen molar-refractivity contribution < 1.29 is 18.3 Å². The number of sulfonamides is 1. The number of nitrogens with zero attached hydrogens (tertiary/aromatic N) is 1. The molecule has 0 aliphatic heterocycles. The molecule has 2 N–H and O–H groups in total. The lowest BCUT2D eigenvalue weighted by Crippen LogP contribution is -2.35. The summed E-state index contributed by atoms with van der Waals surface area (Å²) >= 11 is 0.896. The molecule has 1 heterocycles. The van der Waals surface area contributed by atoms with Crippen molar-refractivity contribution in [2.45, 2.75) is 10.3 Å². The summed E-state index contributed by atoms with van der Waals surface area (Å²) in [5.41, 5.74) is 0.819. The molecule has 0 saturated carbocycles. The zero-order valence-corrected chi connectivity index (χ0v) is 14.4. The van der Waals surface area contributed by atoms with Gasteiger partial charge in [0.1, 0.15) is 4.21 Å². The Labute approximate surface area is 139 Å². The maximum absolute atomic E-state index is 12.5. The van der Waals surface area contributed by atoms with Crippen LogP contribution in [0.25, 0.3) is 0 Å². The van der Waals surface area contributed by atoms with Gasteiger partial charge >= 0.3 is 5.97 Å². The van der Waals surface area contributed by atoms with E-state index in [1.807, 2.05) is 49.3 Å². The van der Waals surface area contributed by atoms with Crippen LogP contribution in [0.1, 0.15) is 22.0 Å². The first kappa shape index (κ1) is 17.6. The second-order valence-corrected chi connectivity index (χ2v) is 8.16. The number of carbonyl (C=O) groups is 1. The van der Waals surface area contributed by atoms with Crippen LogP contribution in [0.2, 0.25) is 0 Å². The molecule has 124 valence electrons. The van der Waals surface area contributed by atoms with E-state index in [2.05, 4.69) is 4.72 Å². The van der Waals surface area contributed by atoms with E-state index in [0.29, 0.717) is 6.54 Å². The average molecular weight is 354 g/mol. The van der Waals surface area contributed by atoms with Crippen LogP contribution in [-0.2, 0) is 10.0 Å². The molecular weight excluding hydrogens is 336 g/mol. The fraction of sp³-hybridized carbons (Fsp3) is 0.267. The van der Waals surface area contributed by atoms with Crippen molar-refractivity contribution in [1.29, 1.82) is 0 Å². The van der Waals surface area contributed by atoms with Gasteiger partial charge in [-0.05, 0) is 25.7 Å². The molecule has 2 aromatic rings. The SMILES string of the molecule is CN(C)CC(NS(=O)(=O)c1cc(C(=O)O)cs1)c1ccccc1. The smallest absolute Gasteiger partial charge is 0.336 e. The van der Waals surface area contributed by atoms with E-state index in [9.17, 15) is 13.2 Å². The van der Waals surface area contributed by atoms with Gasteiger partial charge < -0.3 is 10.0 Å². The van der Waals surface area contributed by atoms with Crippen molar-refractivity contribution in [3.63, 3.8) is 0 Å². The third-order valence-corrected chi connectivity index (χ3v) is 6.05. The minimum atomic E-state index is -3.79. The summed E-state index contributed by atoms with van der Waals surface area (Å²) in [6.07, 6.45) is 0. The van der Waals surface area contributed by atoms with Crippen molar-refractivity contribution in [1.82, 2.24) is 9.62 Å².